The number of nitrogens with two attached hydrogens (primary N) is 1. The Morgan fingerprint density at radius 2 is 2.00 bits per heavy atom. The second-order valence-corrected chi connectivity index (χ2v) is 6.77. The zero-order valence-electron chi connectivity index (χ0n) is 15.8. The van der Waals surface area contributed by atoms with Gasteiger partial charge in [0.25, 0.3) is 0 Å². The fourth-order valence-electron chi connectivity index (χ4n) is 3.28. The van der Waals surface area contributed by atoms with Crippen molar-refractivity contribution < 1.29 is 13.9 Å². The van der Waals surface area contributed by atoms with Gasteiger partial charge in [0, 0.05) is 11.3 Å². The van der Waals surface area contributed by atoms with Gasteiger partial charge in [-0.25, -0.2) is 4.98 Å². The van der Waals surface area contributed by atoms with Crippen LogP contribution in [0.25, 0.3) is 11.6 Å². The minimum atomic E-state index is -0.0396. The molecule has 1 amide bonds. The van der Waals surface area contributed by atoms with Gasteiger partial charge in [-0.1, -0.05) is 18.2 Å². The van der Waals surface area contributed by atoms with Gasteiger partial charge in [0.1, 0.15) is 11.5 Å². The van der Waals surface area contributed by atoms with Crippen molar-refractivity contribution in [3.63, 3.8) is 0 Å². The van der Waals surface area contributed by atoms with E-state index in [0.29, 0.717) is 23.9 Å². The number of amides is 1. The summed E-state index contributed by atoms with van der Waals surface area (Å²) in [6.07, 6.45) is 3.81. The summed E-state index contributed by atoms with van der Waals surface area (Å²) in [6, 6.07) is 13.3. The van der Waals surface area contributed by atoms with Crippen LogP contribution in [-0.2, 0) is 11.3 Å². The summed E-state index contributed by atoms with van der Waals surface area (Å²) in [5.41, 5.74) is 10.0. The predicted molar refractivity (Wildman–Crippen MR) is 109 cm³/mol. The molecule has 1 aliphatic rings. The molecule has 142 valence electrons. The molecule has 4 rings (SSSR count). The van der Waals surface area contributed by atoms with Gasteiger partial charge in [-0.05, 0) is 48.4 Å². The Balaban J connectivity index is 1.73. The van der Waals surface area contributed by atoms with Gasteiger partial charge in [-0.2, -0.15) is 0 Å². The Morgan fingerprint density at radius 1 is 1.21 bits per heavy atom. The Kier molecular flexibility index (Phi) is 4.61. The standard InChI is InChI=1S/C22H21N3O3/c1-14-12-24-22(28-14)17-9-16-5-6-18(23)11-20(16)25(21(26)10-17)13-15-3-7-19(27-2)8-4-15/h3-9,11-12H,10,13,23H2,1-2H3. The first kappa shape index (κ1) is 17.9. The number of nitrogens with zero attached hydrogens (tertiary/aromatic N) is 2. The summed E-state index contributed by atoms with van der Waals surface area (Å²) in [5.74, 6) is 1.92. The Bertz CT molecular complexity index is 1050. The van der Waals surface area contributed by atoms with Crippen LogP contribution in [0.4, 0.5) is 11.4 Å². The van der Waals surface area contributed by atoms with E-state index in [2.05, 4.69) is 4.98 Å². The van der Waals surface area contributed by atoms with Crippen LogP contribution in [0.3, 0.4) is 0 Å². The van der Waals surface area contributed by atoms with E-state index < -0.39 is 0 Å². The molecule has 0 atom stereocenters. The smallest absolute Gasteiger partial charge is 0.231 e. The predicted octanol–water partition coefficient (Wildman–Crippen LogP) is 4.05. The maximum Gasteiger partial charge on any atom is 0.231 e. The molecule has 1 aliphatic heterocycles. The van der Waals surface area contributed by atoms with E-state index in [4.69, 9.17) is 14.9 Å². The fraction of sp³-hybridized carbons (Fsp3) is 0.182. The third kappa shape index (κ3) is 3.49. The highest BCUT2D eigenvalue weighted by Gasteiger charge is 2.26. The third-order valence-electron chi connectivity index (χ3n) is 4.71. The van der Waals surface area contributed by atoms with Gasteiger partial charge in [-0.3, -0.25) is 4.79 Å². The highest BCUT2D eigenvalue weighted by molar-refractivity contribution is 6.06. The SMILES string of the molecule is COc1ccc(CN2C(=O)CC(c3ncc(C)o3)=Cc3ccc(N)cc32)cc1. The monoisotopic (exact) mass is 375 g/mol. The van der Waals surface area contributed by atoms with E-state index in [1.165, 1.54) is 0 Å². The molecule has 0 saturated heterocycles. The van der Waals surface area contributed by atoms with E-state index in [9.17, 15) is 4.79 Å². The van der Waals surface area contributed by atoms with Crippen molar-refractivity contribution in [1.82, 2.24) is 4.98 Å². The number of aromatic nitrogens is 1. The molecule has 2 aromatic carbocycles. The number of methoxy groups -OCH3 is 1. The highest BCUT2D eigenvalue weighted by Crippen LogP contribution is 2.35. The maximum atomic E-state index is 13.2. The topological polar surface area (TPSA) is 81.6 Å². The molecule has 0 spiro atoms. The van der Waals surface area contributed by atoms with Crippen LogP contribution >= 0.6 is 0 Å². The third-order valence-corrected chi connectivity index (χ3v) is 4.71. The van der Waals surface area contributed by atoms with Crippen LogP contribution in [-0.4, -0.2) is 18.0 Å². The maximum absolute atomic E-state index is 13.2. The first-order valence-corrected chi connectivity index (χ1v) is 8.99. The number of rotatable bonds is 4. The van der Waals surface area contributed by atoms with E-state index in [1.807, 2.05) is 55.5 Å². The highest BCUT2D eigenvalue weighted by atomic mass is 16.5. The van der Waals surface area contributed by atoms with Crippen molar-refractivity contribution in [2.45, 2.75) is 19.9 Å². The van der Waals surface area contributed by atoms with E-state index >= 15 is 0 Å². The molecular formula is C22H21N3O3. The number of anilines is 2. The van der Waals surface area contributed by atoms with Crippen LogP contribution < -0.4 is 15.4 Å². The number of hydrogen-bond donors (Lipinski definition) is 1. The molecule has 28 heavy (non-hydrogen) atoms. The van der Waals surface area contributed by atoms with E-state index in [-0.39, 0.29) is 12.3 Å². The zero-order chi connectivity index (χ0) is 19.7. The minimum absolute atomic E-state index is 0.0396. The number of nitrogen functional groups attached to an aromatic ring is 1. The summed E-state index contributed by atoms with van der Waals surface area (Å²) in [7, 11) is 1.63. The average molecular weight is 375 g/mol. The van der Waals surface area contributed by atoms with Crippen LogP contribution in [0.5, 0.6) is 5.75 Å². The van der Waals surface area contributed by atoms with Gasteiger partial charge in [0.05, 0.1) is 32.0 Å². The Labute approximate surface area is 163 Å². The summed E-state index contributed by atoms with van der Waals surface area (Å²) in [5, 5.41) is 0. The molecule has 0 saturated carbocycles. The van der Waals surface area contributed by atoms with Gasteiger partial charge < -0.3 is 19.8 Å². The molecule has 2 heterocycles. The fourth-order valence-corrected chi connectivity index (χ4v) is 3.28. The second-order valence-electron chi connectivity index (χ2n) is 6.77. The summed E-state index contributed by atoms with van der Waals surface area (Å²) in [4.78, 5) is 19.2. The number of fused-ring (bicyclic) bond motifs is 1. The summed E-state index contributed by atoms with van der Waals surface area (Å²) < 4.78 is 10.9. The number of benzene rings is 2. The van der Waals surface area contributed by atoms with Gasteiger partial charge in [0.15, 0.2) is 0 Å². The molecule has 0 unspecified atom stereocenters. The molecule has 2 N–H and O–H groups in total. The van der Waals surface area contributed by atoms with Crippen molar-refractivity contribution in [3.8, 4) is 5.75 Å². The quantitative estimate of drug-likeness (QED) is 0.696. The number of carbonyl (C=O) groups excluding carboxylic acids is 1. The van der Waals surface area contributed by atoms with Crippen LogP contribution in [0.15, 0.2) is 53.1 Å². The number of aryl methyl sites for hydroxylation is 1. The van der Waals surface area contributed by atoms with Gasteiger partial charge >= 0.3 is 0 Å². The van der Waals surface area contributed by atoms with E-state index in [0.717, 1.165) is 28.1 Å². The van der Waals surface area contributed by atoms with E-state index in [1.54, 1.807) is 18.2 Å². The Morgan fingerprint density at radius 3 is 2.68 bits per heavy atom. The molecule has 6 nitrogen and oxygen atoms in total. The average Bonchev–Trinajstić information content (AvgIpc) is 3.08. The summed E-state index contributed by atoms with van der Waals surface area (Å²) >= 11 is 0. The lowest BCUT2D eigenvalue weighted by Gasteiger charge is -2.23. The van der Waals surface area contributed by atoms with Crippen molar-refractivity contribution in [2.24, 2.45) is 0 Å². The Hall–Kier alpha value is -3.54. The molecular weight excluding hydrogens is 354 g/mol. The molecule has 0 bridgehead atoms. The largest absolute Gasteiger partial charge is 0.497 e. The first-order chi connectivity index (χ1) is 13.5. The molecule has 0 radical (unpaired) electrons. The van der Waals surface area contributed by atoms with Gasteiger partial charge in [-0.15, -0.1) is 0 Å². The van der Waals surface area contributed by atoms with Crippen LogP contribution in [0, 0.1) is 6.92 Å². The number of carbonyl (C=O) groups is 1. The second kappa shape index (κ2) is 7.23. The first-order valence-electron chi connectivity index (χ1n) is 8.99. The van der Waals surface area contributed by atoms with Crippen molar-refractivity contribution >= 4 is 28.9 Å². The number of oxazole rings is 1. The normalized spacial score (nSPS) is 13.7. The van der Waals surface area contributed by atoms with Gasteiger partial charge in [0.2, 0.25) is 11.8 Å². The molecule has 1 aromatic heterocycles. The van der Waals surface area contributed by atoms with Crippen molar-refractivity contribution in [1.29, 1.82) is 0 Å². The lowest BCUT2D eigenvalue weighted by Crippen LogP contribution is -2.30. The molecule has 3 aromatic rings. The molecule has 0 fully saturated rings. The van der Waals surface area contributed by atoms with Crippen molar-refractivity contribution in [2.75, 3.05) is 17.7 Å². The van der Waals surface area contributed by atoms with Crippen LogP contribution in [0.1, 0.15) is 29.2 Å². The lowest BCUT2D eigenvalue weighted by atomic mass is 10.1. The summed E-state index contributed by atoms with van der Waals surface area (Å²) in [6.45, 7) is 2.27. The molecule has 0 aliphatic carbocycles. The van der Waals surface area contributed by atoms with Crippen molar-refractivity contribution in [3.05, 3.63) is 71.4 Å². The van der Waals surface area contributed by atoms with Crippen LogP contribution in [0.2, 0.25) is 0 Å². The minimum Gasteiger partial charge on any atom is -0.497 e. The zero-order valence-corrected chi connectivity index (χ0v) is 15.8. The molecule has 6 heteroatoms. The lowest BCUT2D eigenvalue weighted by molar-refractivity contribution is -0.117. The number of ether oxygens (including phenoxy) is 1. The number of hydrogen-bond acceptors (Lipinski definition) is 5.